The zero-order valence-electron chi connectivity index (χ0n) is 7.60. The highest BCUT2D eigenvalue weighted by Crippen LogP contribution is 2.34. The minimum absolute atomic E-state index is 0.0598. The molecular formula is C7H7ClF3N3S. The van der Waals surface area contributed by atoms with Gasteiger partial charge in [0.15, 0.2) is 5.69 Å². The Morgan fingerprint density at radius 2 is 2.13 bits per heavy atom. The van der Waals surface area contributed by atoms with Gasteiger partial charge in [-0.2, -0.15) is 18.3 Å². The number of aromatic nitrogens is 2. The minimum Gasteiger partial charge on any atom is -0.393 e. The van der Waals surface area contributed by atoms with Crippen molar-refractivity contribution in [3.63, 3.8) is 0 Å². The van der Waals surface area contributed by atoms with Crippen LogP contribution in [0.15, 0.2) is 0 Å². The SMILES string of the molecule is Cn1nc(C(F)(F)F)c(CC(N)=S)c1Cl. The molecule has 84 valence electrons. The number of nitrogens with two attached hydrogens (primary N) is 1. The molecular weight excluding hydrogens is 251 g/mol. The van der Waals surface area contributed by atoms with Crippen LogP contribution >= 0.6 is 23.8 Å². The maximum absolute atomic E-state index is 12.5. The zero-order valence-corrected chi connectivity index (χ0v) is 9.17. The molecule has 1 rings (SSSR count). The predicted molar refractivity (Wildman–Crippen MR) is 53.7 cm³/mol. The summed E-state index contributed by atoms with van der Waals surface area (Å²) in [5.74, 6) is 0. The van der Waals surface area contributed by atoms with E-state index in [1.165, 1.54) is 7.05 Å². The van der Waals surface area contributed by atoms with Crippen molar-refractivity contribution in [2.75, 3.05) is 0 Å². The highest BCUT2D eigenvalue weighted by molar-refractivity contribution is 7.80. The number of aryl methyl sites for hydroxylation is 1. The van der Waals surface area contributed by atoms with E-state index >= 15 is 0 Å². The summed E-state index contributed by atoms with van der Waals surface area (Å²) in [7, 11) is 1.32. The predicted octanol–water partition coefficient (Wildman–Crippen LogP) is 1.92. The summed E-state index contributed by atoms with van der Waals surface area (Å²) < 4.78 is 38.4. The topological polar surface area (TPSA) is 43.8 Å². The second-order valence-corrected chi connectivity index (χ2v) is 3.76. The first-order valence-electron chi connectivity index (χ1n) is 3.80. The van der Waals surface area contributed by atoms with Crippen molar-refractivity contribution in [1.82, 2.24) is 9.78 Å². The van der Waals surface area contributed by atoms with E-state index in [2.05, 4.69) is 17.3 Å². The number of rotatable bonds is 2. The van der Waals surface area contributed by atoms with Crippen molar-refractivity contribution < 1.29 is 13.2 Å². The van der Waals surface area contributed by atoms with Crippen molar-refractivity contribution in [1.29, 1.82) is 0 Å². The summed E-state index contributed by atoms with van der Waals surface area (Å²) >= 11 is 10.2. The van der Waals surface area contributed by atoms with Gasteiger partial charge >= 0.3 is 6.18 Å². The van der Waals surface area contributed by atoms with Crippen LogP contribution in [0.25, 0.3) is 0 Å². The van der Waals surface area contributed by atoms with Crippen LogP contribution in [0, 0.1) is 0 Å². The number of alkyl halides is 3. The first-order chi connectivity index (χ1) is 6.73. The van der Waals surface area contributed by atoms with Crippen LogP contribution in [-0.4, -0.2) is 14.8 Å². The molecule has 0 amide bonds. The molecule has 2 N–H and O–H groups in total. The second-order valence-electron chi connectivity index (χ2n) is 2.88. The molecule has 0 aliphatic rings. The summed E-state index contributed by atoms with van der Waals surface area (Å²) in [5.41, 5.74) is 3.96. The maximum atomic E-state index is 12.5. The van der Waals surface area contributed by atoms with E-state index in [1.54, 1.807) is 0 Å². The highest BCUT2D eigenvalue weighted by atomic mass is 35.5. The molecule has 8 heteroatoms. The van der Waals surface area contributed by atoms with Crippen molar-refractivity contribution in [3.8, 4) is 0 Å². The Morgan fingerprint density at radius 3 is 2.53 bits per heavy atom. The van der Waals surface area contributed by atoms with Gasteiger partial charge in [-0.1, -0.05) is 23.8 Å². The van der Waals surface area contributed by atoms with Crippen LogP contribution in [0.1, 0.15) is 11.3 Å². The fourth-order valence-corrected chi connectivity index (χ4v) is 1.44. The van der Waals surface area contributed by atoms with Crippen molar-refractivity contribution in [2.24, 2.45) is 12.8 Å². The van der Waals surface area contributed by atoms with E-state index in [4.69, 9.17) is 17.3 Å². The van der Waals surface area contributed by atoms with E-state index in [9.17, 15) is 13.2 Å². The van der Waals surface area contributed by atoms with Gasteiger partial charge in [-0.15, -0.1) is 0 Å². The van der Waals surface area contributed by atoms with Crippen molar-refractivity contribution >= 4 is 28.8 Å². The highest BCUT2D eigenvalue weighted by Gasteiger charge is 2.38. The third-order valence-electron chi connectivity index (χ3n) is 1.69. The third-order valence-corrected chi connectivity index (χ3v) is 2.31. The average Bonchev–Trinajstić information content (AvgIpc) is 2.30. The lowest BCUT2D eigenvalue weighted by atomic mass is 10.2. The number of hydrogen-bond donors (Lipinski definition) is 1. The van der Waals surface area contributed by atoms with Crippen LogP contribution in [0.4, 0.5) is 13.2 Å². The molecule has 0 aliphatic carbocycles. The molecule has 0 fully saturated rings. The monoisotopic (exact) mass is 257 g/mol. The smallest absolute Gasteiger partial charge is 0.393 e. The second kappa shape index (κ2) is 3.97. The summed E-state index contributed by atoms with van der Waals surface area (Å²) in [6.45, 7) is 0. The van der Waals surface area contributed by atoms with E-state index in [-0.39, 0.29) is 22.1 Å². The Balaban J connectivity index is 3.27. The standard InChI is InChI=1S/C7H7ClF3N3S/c1-14-6(8)3(2-4(12)15)5(13-14)7(9,10)11/h2H2,1H3,(H2,12,15). The van der Waals surface area contributed by atoms with E-state index < -0.39 is 11.9 Å². The molecule has 1 aromatic heterocycles. The van der Waals surface area contributed by atoms with Crippen LogP contribution in [-0.2, 0) is 19.6 Å². The number of hydrogen-bond acceptors (Lipinski definition) is 2. The molecule has 0 saturated heterocycles. The Labute approximate surface area is 94.0 Å². The molecule has 0 aromatic carbocycles. The average molecular weight is 258 g/mol. The van der Waals surface area contributed by atoms with Gasteiger partial charge in [-0.3, -0.25) is 4.68 Å². The fourth-order valence-electron chi connectivity index (χ4n) is 1.11. The van der Waals surface area contributed by atoms with Crippen LogP contribution in [0.3, 0.4) is 0 Å². The molecule has 0 atom stereocenters. The lowest BCUT2D eigenvalue weighted by molar-refractivity contribution is -0.141. The summed E-state index contributed by atoms with van der Waals surface area (Å²) in [6, 6.07) is 0. The minimum atomic E-state index is -4.55. The Hall–Kier alpha value is -0.820. The molecule has 0 spiro atoms. The normalized spacial score (nSPS) is 11.8. The Morgan fingerprint density at radius 1 is 1.60 bits per heavy atom. The maximum Gasteiger partial charge on any atom is 0.435 e. The first kappa shape index (κ1) is 12.3. The summed E-state index contributed by atoms with van der Waals surface area (Å²) in [6.07, 6.45) is -4.76. The van der Waals surface area contributed by atoms with E-state index in [0.717, 1.165) is 4.68 Å². The fraction of sp³-hybridized carbons (Fsp3) is 0.429. The van der Waals surface area contributed by atoms with Gasteiger partial charge < -0.3 is 5.73 Å². The van der Waals surface area contributed by atoms with Gasteiger partial charge in [-0.25, -0.2) is 0 Å². The van der Waals surface area contributed by atoms with Gasteiger partial charge in [0.05, 0.1) is 4.99 Å². The molecule has 1 heterocycles. The van der Waals surface area contributed by atoms with Crippen LogP contribution in [0.2, 0.25) is 5.15 Å². The number of nitrogens with zero attached hydrogens (tertiary/aromatic N) is 2. The largest absolute Gasteiger partial charge is 0.435 e. The first-order valence-corrected chi connectivity index (χ1v) is 4.59. The van der Waals surface area contributed by atoms with E-state index in [1.807, 2.05) is 0 Å². The van der Waals surface area contributed by atoms with Crippen molar-refractivity contribution in [2.45, 2.75) is 12.6 Å². The molecule has 0 aliphatic heterocycles. The van der Waals surface area contributed by atoms with Gasteiger partial charge in [0.25, 0.3) is 0 Å². The lowest BCUT2D eigenvalue weighted by Gasteiger charge is -2.05. The Bertz CT molecular complexity index is 399. The summed E-state index contributed by atoms with van der Waals surface area (Å²) in [4.78, 5) is -0.0598. The molecule has 0 unspecified atom stereocenters. The van der Waals surface area contributed by atoms with Crippen LogP contribution in [0.5, 0.6) is 0 Å². The quantitative estimate of drug-likeness (QED) is 0.824. The third kappa shape index (κ3) is 2.60. The summed E-state index contributed by atoms with van der Waals surface area (Å²) in [5, 5.41) is 3.18. The molecule has 3 nitrogen and oxygen atoms in total. The van der Waals surface area contributed by atoms with Gasteiger partial charge in [0.1, 0.15) is 5.15 Å². The van der Waals surface area contributed by atoms with Crippen LogP contribution < -0.4 is 5.73 Å². The van der Waals surface area contributed by atoms with Gasteiger partial charge in [0, 0.05) is 19.0 Å². The Kier molecular flexibility index (Phi) is 3.25. The number of halogens is 4. The zero-order chi connectivity index (χ0) is 11.8. The number of thiocarbonyl (C=S) groups is 1. The van der Waals surface area contributed by atoms with E-state index in [0.29, 0.717) is 0 Å². The van der Waals surface area contributed by atoms with Crippen molar-refractivity contribution in [3.05, 3.63) is 16.4 Å². The van der Waals surface area contributed by atoms with Gasteiger partial charge in [0.2, 0.25) is 0 Å². The molecule has 1 aromatic rings. The lowest BCUT2D eigenvalue weighted by Crippen LogP contribution is -2.15. The van der Waals surface area contributed by atoms with Gasteiger partial charge in [-0.05, 0) is 0 Å². The molecule has 0 radical (unpaired) electrons. The molecule has 15 heavy (non-hydrogen) atoms. The molecule has 0 saturated carbocycles. The molecule has 0 bridgehead atoms.